The van der Waals surface area contributed by atoms with Crippen molar-refractivity contribution in [2.24, 2.45) is 5.41 Å². The smallest absolute Gasteiger partial charge is 0.0195 e. The maximum absolute atomic E-state index is 3.68. The van der Waals surface area contributed by atoms with Gasteiger partial charge < -0.3 is 10.2 Å². The molecule has 0 amide bonds. The molecule has 0 aromatic rings. The Hall–Kier alpha value is -0.120. The van der Waals surface area contributed by atoms with Crippen molar-refractivity contribution in [3.8, 4) is 0 Å². The second-order valence-electron chi connectivity index (χ2n) is 7.18. The summed E-state index contributed by atoms with van der Waals surface area (Å²) in [5, 5.41) is 3.68. The Morgan fingerprint density at radius 2 is 1.85 bits per heavy atom. The number of nitrogens with zero attached hydrogens (tertiary/aromatic N) is 2. The predicted octanol–water partition coefficient (Wildman–Crippen LogP) is 2.82. The van der Waals surface area contributed by atoms with Crippen LogP contribution in [0.2, 0.25) is 0 Å². The zero-order valence-electron chi connectivity index (χ0n) is 14.7. The minimum absolute atomic E-state index is 0.432. The summed E-state index contributed by atoms with van der Waals surface area (Å²) in [6, 6.07) is 1.26. The van der Waals surface area contributed by atoms with E-state index in [1.165, 1.54) is 45.4 Å². The Balaban J connectivity index is 2.67. The molecule has 0 bridgehead atoms. The number of hydrogen-bond donors (Lipinski definition) is 1. The van der Waals surface area contributed by atoms with E-state index in [1.807, 2.05) is 0 Å². The van der Waals surface area contributed by atoms with Gasteiger partial charge in [-0.15, -0.1) is 0 Å². The highest BCUT2D eigenvalue weighted by Crippen LogP contribution is 2.28. The van der Waals surface area contributed by atoms with Gasteiger partial charge in [-0.2, -0.15) is 0 Å². The van der Waals surface area contributed by atoms with Gasteiger partial charge in [-0.1, -0.05) is 27.7 Å². The maximum atomic E-state index is 3.68. The van der Waals surface area contributed by atoms with E-state index >= 15 is 0 Å². The first-order valence-corrected chi connectivity index (χ1v) is 8.58. The van der Waals surface area contributed by atoms with E-state index in [0.29, 0.717) is 17.5 Å². The van der Waals surface area contributed by atoms with Crippen molar-refractivity contribution in [2.45, 2.75) is 66.0 Å². The summed E-state index contributed by atoms with van der Waals surface area (Å²) in [6.45, 7) is 17.7. The van der Waals surface area contributed by atoms with Crippen LogP contribution in [0, 0.1) is 5.41 Å². The number of likely N-dealkylation sites (N-methyl/N-ethyl adjacent to an activating group) is 1. The Labute approximate surface area is 127 Å². The molecule has 1 unspecified atom stereocenters. The fourth-order valence-electron chi connectivity index (χ4n) is 3.29. The van der Waals surface area contributed by atoms with Crippen molar-refractivity contribution >= 4 is 0 Å². The molecule has 1 atom stereocenters. The second-order valence-corrected chi connectivity index (χ2v) is 7.18. The van der Waals surface area contributed by atoms with E-state index in [-0.39, 0.29) is 0 Å². The Morgan fingerprint density at radius 3 is 2.40 bits per heavy atom. The lowest BCUT2D eigenvalue weighted by Gasteiger charge is -2.40. The van der Waals surface area contributed by atoms with Gasteiger partial charge in [0.2, 0.25) is 0 Å². The number of rotatable bonds is 7. The highest BCUT2D eigenvalue weighted by atomic mass is 15.2. The van der Waals surface area contributed by atoms with E-state index in [1.54, 1.807) is 0 Å². The SMILES string of the molecule is CCC(CC)(CNC(C)C)CN1CCCN(C)CC1C. The van der Waals surface area contributed by atoms with Crippen LogP contribution in [0.3, 0.4) is 0 Å². The van der Waals surface area contributed by atoms with Crippen molar-refractivity contribution in [1.29, 1.82) is 0 Å². The first-order valence-electron chi connectivity index (χ1n) is 8.58. The third-order valence-corrected chi connectivity index (χ3v) is 5.11. The number of nitrogens with one attached hydrogen (secondary N) is 1. The standard InChI is InChI=1S/C17H37N3/c1-7-17(8-2,13-18-15(3)4)14-20-11-9-10-19(6)12-16(20)5/h15-16,18H,7-14H2,1-6H3. The third-order valence-electron chi connectivity index (χ3n) is 5.11. The van der Waals surface area contributed by atoms with Gasteiger partial charge >= 0.3 is 0 Å². The Kier molecular flexibility index (Phi) is 7.49. The van der Waals surface area contributed by atoms with Crippen molar-refractivity contribution < 1.29 is 0 Å². The van der Waals surface area contributed by atoms with E-state index in [2.05, 4.69) is 56.8 Å². The van der Waals surface area contributed by atoms with Crippen LogP contribution in [0.4, 0.5) is 0 Å². The van der Waals surface area contributed by atoms with Crippen LogP contribution in [0.5, 0.6) is 0 Å². The molecule has 0 radical (unpaired) electrons. The molecule has 1 aliphatic rings. The first-order chi connectivity index (χ1) is 9.42. The van der Waals surface area contributed by atoms with E-state index in [4.69, 9.17) is 0 Å². The monoisotopic (exact) mass is 283 g/mol. The number of hydrogen-bond acceptors (Lipinski definition) is 3. The summed E-state index contributed by atoms with van der Waals surface area (Å²) in [6.07, 6.45) is 3.84. The lowest BCUT2D eigenvalue weighted by atomic mass is 9.81. The fourth-order valence-corrected chi connectivity index (χ4v) is 3.29. The third kappa shape index (κ3) is 5.34. The van der Waals surface area contributed by atoms with Crippen LogP contribution in [0.1, 0.15) is 53.9 Å². The van der Waals surface area contributed by atoms with Gasteiger partial charge in [0.25, 0.3) is 0 Å². The Bertz CT molecular complexity index is 261. The molecule has 0 aliphatic carbocycles. The summed E-state index contributed by atoms with van der Waals surface area (Å²) in [5.74, 6) is 0. The van der Waals surface area contributed by atoms with Gasteiger partial charge in [0, 0.05) is 31.7 Å². The van der Waals surface area contributed by atoms with E-state index < -0.39 is 0 Å². The van der Waals surface area contributed by atoms with E-state index in [0.717, 1.165) is 6.54 Å². The molecule has 1 aliphatic heterocycles. The molecule has 0 saturated carbocycles. The minimum atomic E-state index is 0.432. The van der Waals surface area contributed by atoms with Crippen LogP contribution >= 0.6 is 0 Å². The van der Waals surface area contributed by atoms with Crippen LogP contribution in [0.25, 0.3) is 0 Å². The van der Waals surface area contributed by atoms with E-state index in [9.17, 15) is 0 Å². The average Bonchev–Trinajstić information content (AvgIpc) is 2.56. The molecule has 3 heteroatoms. The van der Waals surface area contributed by atoms with Crippen molar-refractivity contribution in [3.05, 3.63) is 0 Å². The van der Waals surface area contributed by atoms with Gasteiger partial charge in [0.05, 0.1) is 0 Å². The molecule has 1 fully saturated rings. The van der Waals surface area contributed by atoms with Crippen molar-refractivity contribution in [3.63, 3.8) is 0 Å². The molecule has 0 aromatic heterocycles. The molecule has 1 rings (SSSR count). The molecule has 20 heavy (non-hydrogen) atoms. The molecule has 0 aromatic carbocycles. The summed E-state index contributed by atoms with van der Waals surface area (Å²) in [7, 11) is 2.26. The van der Waals surface area contributed by atoms with Crippen molar-refractivity contribution in [2.75, 3.05) is 39.8 Å². The zero-order valence-corrected chi connectivity index (χ0v) is 14.7. The van der Waals surface area contributed by atoms with Crippen LogP contribution < -0.4 is 5.32 Å². The van der Waals surface area contributed by atoms with Crippen LogP contribution in [-0.4, -0.2) is 61.7 Å². The minimum Gasteiger partial charge on any atom is -0.314 e. The first kappa shape index (κ1) is 17.9. The molecule has 1 saturated heterocycles. The molecule has 1 N–H and O–H groups in total. The zero-order chi connectivity index (χ0) is 15.2. The summed E-state index contributed by atoms with van der Waals surface area (Å²) in [5.41, 5.74) is 0.432. The predicted molar refractivity (Wildman–Crippen MR) is 89.3 cm³/mol. The lowest BCUT2D eigenvalue weighted by molar-refractivity contribution is 0.103. The fraction of sp³-hybridized carbons (Fsp3) is 1.00. The van der Waals surface area contributed by atoms with Gasteiger partial charge in [-0.25, -0.2) is 0 Å². The summed E-state index contributed by atoms with van der Waals surface area (Å²) >= 11 is 0. The molecule has 120 valence electrons. The highest BCUT2D eigenvalue weighted by molar-refractivity contribution is 4.87. The molecular formula is C17H37N3. The summed E-state index contributed by atoms with van der Waals surface area (Å²) in [4.78, 5) is 5.22. The second kappa shape index (κ2) is 8.35. The van der Waals surface area contributed by atoms with Crippen LogP contribution in [-0.2, 0) is 0 Å². The summed E-state index contributed by atoms with van der Waals surface area (Å²) < 4.78 is 0. The quantitative estimate of drug-likeness (QED) is 0.775. The largest absolute Gasteiger partial charge is 0.314 e. The van der Waals surface area contributed by atoms with Gasteiger partial charge in [-0.3, -0.25) is 4.90 Å². The molecule has 1 heterocycles. The van der Waals surface area contributed by atoms with Gasteiger partial charge in [-0.05, 0) is 51.7 Å². The lowest BCUT2D eigenvalue weighted by Crippen LogP contribution is -2.48. The maximum Gasteiger partial charge on any atom is 0.0195 e. The average molecular weight is 284 g/mol. The normalized spacial score (nSPS) is 23.2. The molecule has 0 spiro atoms. The topological polar surface area (TPSA) is 18.5 Å². The Morgan fingerprint density at radius 1 is 1.20 bits per heavy atom. The molecular weight excluding hydrogens is 246 g/mol. The molecule has 3 nitrogen and oxygen atoms in total. The highest BCUT2D eigenvalue weighted by Gasteiger charge is 2.31. The van der Waals surface area contributed by atoms with Gasteiger partial charge in [0.15, 0.2) is 0 Å². The van der Waals surface area contributed by atoms with Crippen LogP contribution in [0.15, 0.2) is 0 Å². The van der Waals surface area contributed by atoms with Crippen molar-refractivity contribution in [1.82, 2.24) is 15.1 Å². The van der Waals surface area contributed by atoms with Gasteiger partial charge in [0.1, 0.15) is 0 Å².